The van der Waals surface area contributed by atoms with Crippen LogP contribution in [0, 0.1) is 0 Å². The molecule has 0 aliphatic heterocycles. The number of phosphoric acid groups is 1. The lowest BCUT2D eigenvalue weighted by atomic mass is 10.1. The van der Waals surface area contributed by atoms with Crippen molar-refractivity contribution in [2.24, 2.45) is 5.73 Å². The number of hydrogen-bond acceptors (Lipinski definition) is 8. The van der Waals surface area contributed by atoms with Gasteiger partial charge in [0.15, 0.2) is 6.10 Å². The normalized spacial score (nSPS) is 14.0. The first kappa shape index (κ1) is 46.0. The van der Waals surface area contributed by atoms with Crippen LogP contribution in [0.1, 0.15) is 149 Å². The molecule has 9 nitrogen and oxygen atoms in total. The van der Waals surface area contributed by atoms with Crippen molar-refractivity contribution in [3.05, 3.63) is 48.6 Å². The van der Waals surface area contributed by atoms with Gasteiger partial charge in [0.25, 0.3) is 0 Å². The third kappa shape index (κ3) is 33.9. The molecule has 278 valence electrons. The van der Waals surface area contributed by atoms with Gasteiger partial charge in [0, 0.05) is 19.4 Å². The van der Waals surface area contributed by atoms with Gasteiger partial charge in [-0.15, -0.1) is 0 Å². The molecule has 48 heavy (non-hydrogen) atoms. The Kier molecular flexibility index (Phi) is 33.3. The van der Waals surface area contributed by atoms with E-state index < -0.39 is 32.5 Å². The summed E-state index contributed by atoms with van der Waals surface area (Å²) in [7, 11) is -4.38. The molecule has 0 saturated carbocycles. The Balaban J connectivity index is 4.30. The van der Waals surface area contributed by atoms with Crippen molar-refractivity contribution >= 4 is 19.8 Å². The number of allylic oxidation sites excluding steroid dienone is 8. The first-order valence-electron chi connectivity index (χ1n) is 18.6. The predicted octanol–water partition coefficient (Wildman–Crippen LogP) is 9.99. The summed E-state index contributed by atoms with van der Waals surface area (Å²) < 4.78 is 32.6. The molecular weight excluding hydrogens is 629 g/mol. The molecule has 0 aromatic carbocycles. The molecule has 2 unspecified atom stereocenters. The van der Waals surface area contributed by atoms with Crippen LogP contribution in [-0.4, -0.2) is 49.3 Å². The highest BCUT2D eigenvalue weighted by molar-refractivity contribution is 7.47. The third-order valence-electron chi connectivity index (χ3n) is 7.42. The maximum atomic E-state index is 12.5. The highest BCUT2D eigenvalue weighted by atomic mass is 31.2. The van der Waals surface area contributed by atoms with Crippen LogP contribution < -0.4 is 5.73 Å². The minimum atomic E-state index is -4.38. The number of phosphoric ester groups is 1. The number of ether oxygens (including phenoxy) is 2. The van der Waals surface area contributed by atoms with Crippen molar-refractivity contribution < 1.29 is 37.6 Å². The van der Waals surface area contributed by atoms with Gasteiger partial charge in [-0.1, -0.05) is 120 Å². The van der Waals surface area contributed by atoms with Gasteiger partial charge < -0.3 is 20.1 Å². The zero-order valence-corrected chi connectivity index (χ0v) is 31.1. The molecule has 0 saturated heterocycles. The SMILES string of the molecule is CCC/C=C\C/C=C\CCCCCCCC(=O)OCC(COP(=O)(O)OCCN)OC(=O)CCCCCCC/C=C\C/C=C\CCCC. The quantitative estimate of drug-likeness (QED) is 0.0291. The van der Waals surface area contributed by atoms with Crippen molar-refractivity contribution in [2.75, 3.05) is 26.4 Å². The monoisotopic (exact) mass is 697 g/mol. The van der Waals surface area contributed by atoms with E-state index in [0.717, 1.165) is 89.9 Å². The molecule has 0 aliphatic carbocycles. The van der Waals surface area contributed by atoms with E-state index in [4.69, 9.17) is 24.3 Å². The van der Waals surface area contributed by atoms with E-state index in [2.05, 4.69) is 62.5 Å². The van der Waals surface area contributed by atoms with Gasteiger partial charge in [0.2, 0.25) is 0 Å². The molecule has 0 spiro atoms. The fraction of sp³-hybridized carbons (Fsp3) is 0.737. The fourth-order valence-electron chi connectivity index (χ4n) is 4.63. The molecule has 10 heteroatoms. The lowest BCUT2D eigenvalue weighted by molar-refractivity contribution is -0.161. The number of rotatable bonds is 34. The van der Waals surface area contributed by atoms with Crippen molar-refractivity contribution in [3.8, 4) is 0 Å². The van der Waals surface area contributed by atoms with E-state index in [1.807, 2.05) is 0 Å². The second-order valence-electron chi connectivity index (χ2n) is 12.1. The molecule has 0 rings (SSSR count). The number of hydrogen-bond donors (Lipinski definition) is 2. The summed E-state index contributed by atoms with van der Waals surface area (Å²) in [4.78, 5) is 34.7. The van der Waals surface area contributed by atoms with E-state index in [1.165, 1.54) is 19.3 Å². The molecule has 3 N–H and O–H groups in total. The first-order chi connectivity index (χ1) is 23.3. The molecule has 0 aromatic rings. The summed E-state index contributed by atoms with van der Waals surface area (Å²) in [6.45, 7) is 3.56. The Bertz CT molecular complexity index is 934. The van der Waals surface area contributed by atoms with E-state index >= 15 is 0 Å². The van der Waals surface area contributed by atoms with Crippen LogP contribution in [-0.2, 0) is 32.7 Å². The number of carbonyl (C=O) groups excluding carboxylic acids is 2. The van der Waals surface area contributed by atoms with E-state index in [1.54, 1.807) is 0 Å². The number of carbonyl (C=O) groups is 2. The minimum Gasteiger partial charge on any atom is -0.462 e. The average molecular weight is 698 g/mol. The minimum absolute atomic E-state index is 0.0471. The van der Waals surface area contributed by atoms with Gasteiger partial charge in [-0.3, -0.25) is 18.6 Å². The maximum absolute atomic E-state index is 12.5. The zero-order valence-electron chi connectivity index (χ0n) is 30.2. The Morgan fingerprint density at radius 1 is 0.625 bits per heavy atom. The maximum Gasteiger partial charge on any atom is 0.472 e. The lowest BCUT2D eigenvalue weighted by Crippen LogP contribution is -2.29. The van der Waals surface area contributed by atoms with Crippen LogP contribution in [0.2, 0.25) is 0 Å². The summed E-state index contributed by atoms with van der Waals surface area (Å²) in [6, 6.07) is 0. The van der Waals surface area contributed by atoms with Crippen LogP contribution in [0.3, 0.4) is 0 Å². The van der Waals surface area contributed by atoms with E-state index in [-0.39, 0.29) is 32.6 Å². The van der Waals surface area contributed by atoms with Gasteiger partial charge in [-0.2, -0.15) is 0 Å². The molecule has 2 atom stereocenters. The van der Waals surface area contributed by atoms with Crippen molar-refractivity contribution in [1.29, 1.82) is 0 Å². The fourth-order valence-corrected chi connectivity index (χ4v) is 5.39. The molecule has 0 heterocycles. The lowest BCUT2D eigenvalue weighted by Gasteiger charge is -2.19. The van der Waals surface area contributed by atoms with Crippen molar-refractivity contribution in [1.82, 2.24) is 0 Å². The van der Waals surface area contributed by atoms with Gasteiger partial charge in [0.1, 0.15) is 6.61 Å². The summed E-state index contributed by atoms with van der Waals surface area (Å²) in [5, 5.41) is 0. The Hall–Kier alpha value is -2.03. The third-order valence-corrected chi connectivity index (χ3v) is 8.40. The summed E-state index contributed by atoms with van der Waals surface area (Å²) in [5.41, 5.74) is 5.32. The largest absolute Gasteiger partial charge is 0.472 e. The Morgan fingerprint density at radius 3 is 1.67 bits per heavy atom. The molecular formula is C38H68NO8P. The van der Waals surface area contributed by atoms with Crippen molar-refractivity contribution in [2.45, 2.75) is 155 Å². The molecule has 0 amide bonds. The number of unbranched alkanes of at least 4 members (excludes halogenated alkanes) is 13. The molecule has 0 aliphatic rings. The average Bonchev–Trinajstić information content (AvgIpc) is 3.07. The molecule has 0 aromatic heterocycles. The zero-order chi connectivity index (χ0) is 35.4. The first-order valence-corrected chi connectivity index (χ1v) is 20.1. The standard InChI is InChI=1S/C38H68NO8P/c1-3-5-7-9-11-13-15-17-19-21-23-25-27-29-31-38(41)47-36(35-46-48(42,43)45-33-32-39)34-44-37(40)30-28-26-24-22-20-18-16-14-12-10-8-6-4-2/h8-11,14-17,36H,3-7,12-13,18-35,39H2,1-2H3,(H,42,43)/b10-8-,11-9-,16-14-,17-15-. The predicted molar refractivity (Wildman–Crippen MR) is 196 cm³/mol. The van der Waals surface area contributed by atoms with E-state index in [9.17, 15) is 19.0 Å². The van der Waals surface area contributed by atoms with Gasteiger partial charge in [0.05, 0.1) is 13.2 Å². The second kappa shape index (κ2) is 34.8. The van der Waals surface area contributed by atoms with Gasteiger partial charge in [-0.05, 0) is 64.2 Å². The van der Waals surface area contributed by atoms with Crippen LogP contribution in [0.15, 0.2) is 48.6 Å². The summed E-state index contributed by atoms with van der Waals surface area (Å²) in [5.74, 6) is -0.868. The smallest absolute Gasteiger partial charge is 0.462 e. The Morgan fingerprint density at radius 2 is 1.12 bits per heavy atom. The van der Waals surface area contributed by atoms with Gasteiger partial charge >= 0.3 is 19.8 Å². The van der Waals surface area contributed by atoms with Crippen molar-refractivity contribution in [3.63, 3.8) is 0 Å². The highest BCUT2D eigenvalue weighted by Crippen LogP contribution is 2.43. The summed E-state index contributed by atoms with van der Waals surface area (Å²) >= 11 is 0. The number of esters is 2. The summed E-state index contributed by atoms with van der Waals surface area (Å²) in [6.07, 6.45) is 37.1. The van der Waals surface area contributed by atoms with Crippen LogP contribution in [0.5, 0.6) is 0 Å². The Labute approximate surface area is 292 Å². The van der Waals surface area contributed by atoms with E-state index in [0.29, 0.717) is 12.8 Å². The van der Waals surface area contributed by atoms with Gasteiger partial charge in [-0.25, -0.2) is 4.57 Å². The second-order valence-corrected chi connectivity index (χ2v) is 13.5. The van der Waals surface area contributed by atoms with Crippen LogP contribution in [0.25, 0.3) is 0 Å². The molecule has 0 radical (unpaired) electrons. The molecule has 0 bridgehead atoms. The highest BCUT2D eigenvalue weighted by Gasteiger charge is 2.25. The topological polar surface area (TPSA) is 134 Å². The van der Waals surface area contributed by atoms with Crippen LogP contribution in [0.4, 0.5) is 0 Å². The van der Waals surface area contributed by atoms with Crippen LogP contribution >= 0.6 is 7.82 Å². The molecule has 0 fully saturated rings. The number of nitrogens with two attached hydrogens (primary N) is 1.